The summed E-state index contributed by atoms with van der Waals surface area (Å²) in [4.78, 5) is 68.6. The van der Waals surface area contributed by atoms with Crippen molar-refractivity contribution >= 4 is 64.3 Å². The molecule has 1 fully saturated rings. The first-order chi connectivity index (χ1) is 35.9. The van der Waals surface area contributed by atoms with Crippen LogP contribution in [0.5, 0.6) is 0 Å². The Kier molecular flexibility index (Phi) is 15.5. The Balaban J connectivity index is 1.14. The number of imide groups is 2. The highest BCUT2D eigenvalue weighted by Gasteiger charge is 2.45. The van der Waals surface area contributed by atoms with Crippen LogP contribution in [0.3, 0.4) is 0 Å². The summed E-state index contributed by atoms with van der Waals surface area (Å²) in [5, 5.41) is 18.7. The van der Waals surface area contributed by atoms with Gasteiger partial charge in [0.05, 0.1) is 12.8 Å². The molecule has 9 rings (SSSR count). The van der Waals surface area contributed by atoms with Crippen molar-refractivity contribution in [3.05, 3.63) is 154 Å². The van der Waals surface area contributed by atoms with Crippen molar-refractivity contribution in [2.45, 2.75) is 128 Å². The van der Waals surface area contributed by atoms with Crippen LogP contribution in [0.1, 0.15) is 145 Å². The molecule has 11 heteroatoms. The van der Waals surface area contributed by atoms with Crippen LogP contribution >= 0.6 is 11.3 Å². The summed E-state index contributed by atoms with van der Waals surface area (Å²) in [6.45, 7) is 8.24. The number of unbranched alkanes of at least 4 members (excludes halogenated alkanes) is 4. The van der Waals surface area contributed by atoms with Gasteiger partial charge in [-0.25, -0.2) is 4.79 Å². The van der Waals surface area contributed by atoms with Gasteiger partial charge in [0.25, 0.3) is 11.8 Å². The van der Waals surface area contributed by atoms with Crippen molar-refractivity contribution < 1.29 is 34.2 Å². The Labute approximate surface area is 439 Å². The molecule has 1 aliphatic heterocycles. The van der Waals surface area contributed by atoms with E-state index < -0.39 is 55.7 Å². The number of fused-ring (bicyclic) bond motifs is 6. The van der Waals surface area contributed by atoms with Gasteiger partial charge in [-0.1, -0.05) is 152 Å². The highest BCUT2D eigenvalue weighted by Crippen LogP contribution is 2.58. The summed E-state index contributed by atoms with van der Waals surface area (Å²) in [5.41, 5.74) is 14.6. The number of carbonyl (C=O) groups is 5. The second-order valence-electron chi connectivity index (χ2n) is 20.3. The van der Waals surface area contributed by atoms with E-state index in [0.29, 0.717) is 14.7 Å². The first-order valence-corrected chi connectivity index (χ1v) is 27.5. The molecule has 0 atom stereocenters. The molecule has 1 saturated heterocycles. The molecule has 382 valence electrons. The summed E-state index contributed by atoms with van der Waals surface area (Å²) < 4.78 is 0. The van der Waals surface area contributed by atoms with Gasteiger partial charge in [-0.05, 0) is 130 Å². The molecule has 3 aliphatic rings. The number of urea groups is 1. The number of rotatable bonds is 23. The maximum Gasteiger partial charge on any atom is 0.333 e. The average molecular weight is 1010 g/mol. The number of carboxylic acid groups (broad SMARTS) is 2. The molecule has 0 unspecified atom stereocenters. The second-order valence-corrected chi connectivity index (χ2v) is 21.4. The fourth-order valence-corrected chi connectivity index (χ4v) is 12.9. The van der Waals surface area contributed by atoms with E-state index in [2.05, 4.69) is 142 Å². The summed E-state index contributed by atoms with van der Waals surface area (Å²) in [5.74, 6) is -4.28. The van der Waals surface area contributed by atoms with Gasteiger partial charge in [0.15, 0.2) is 0 Å². The fraction of sp³-hybridized carbons (Fsp3) is 0.349. The van der Waals surface area contributed by atoms with E-state index >= 15 is 0 Å². The van der Waals surface area contributed by atoms with E-state index in [9.17, 15) is 34.2 Å². The first kappa shape index (κ1) is 51.8. The Bertz CT molecular complexity index is 2960. The van der Waals surface area contributed by atoms with Crippen molar-refractivity contribution in [3.63, 3.8) is 0 Å². The largest absolute Gasteiger partial charge is 0.481 e. The van der Waals surface area contributed by atoms with Gasteiger partial charge >= 0.3 is 18.0 Å². The number of hydrogen-bond acceptors (Lipinski definition) is 7. The number of benzene rings is 5. The number of carboxylic acids is 2. The minimum atomic E-state index is -1.22. The third-order valence-corrected chi connectivity index (χ3v) is 16.8. The monoisotopic (exact) mass is 1010 g/mol. The van der Waals surface area contributed by atoms with E-state index in [1.165, 1.54) is 61.9 Å². The molecule has 0 bridgehead atoms. The molecule has 0 spiro atoms. The van der Waals surface area contributed by atoms with E-state index in [0.717, 1.165) is 105 Å². The molecule has 2 N–H and O–H groups in total. The molecule has 2 heterocycles. The predicted molar refractivity (Wildman–Crippen MR) is 296 cm³/mol. The van der Waals surface area contributed by atoms with Gasteiger partial charge in [-0.15, -0.1) is 11.3 Å². The smallest absolute Gasteiger partial charge is 0.333 e. The number of nitrogens with zero attached hydrogens (tertiary/aromatic N) is 3. The molecule has 6 aromatic rings. The number of aliphatic carboxylic acids is 2. The van der Waals surface area contributed by atoms with Gasteiger partial charge in [-0.3, -0.25) is 29.0 Å². The SMILES string of the molecule is CCCCC1(CCCC)c2ccccc2-c2ccc(N(c3ccc(-c4ccc(C=C5C(=O)N(CCC(=O)O)C(=O)N(CCC(=O)O)C5=O)s4)cc3)c3ccc4c(c3)C(CCCC)(CCCC)c3ccccc3-4)cc21. The molecular formula is C63H67N3O7S. The zero-order chi connectivity index (χ0) is 52.1. The van der Waals surface area contributed by atoms with Crippen molar-refractivity contribution in [1.29, 1.82) is 0 Å². The number of hydrogen-bond donors (Lipinski definition) is 2. The highest BCUT2D eigenvalue weighted by molar-refractivity contribution is 7.16. The molecule has 4 amide bonds. The third-order valence-electron chi connectivity index (χ3n) is 15.7. The molecule has 74 heavy (non-hydrogen) atoms. The quantitative estimate of drug-likeness (QED) is 0.0478. The molecule has 1 aromatic heterocycles. The third kappa shape index (κ3) is 9.63. The van der Waals surface area contributed by atoms with Gasteiger partial charge in [0.2, 0.25) is 0 Å². The first-order valence-electron chi connectivity index (χ1n) is 26.7. The minimum Gasteiger partial charge on any atom is -0.481 e. The maximum atomic E-state index is 13.6. The molecular weight excluding hydrogens is 943 g/mol. The van der Waals surface area contributed by atoms with Crippen LogP contribution in [-0.4, -0.2) is 62.9 Å². The van der Waals surface area contributed by atoms with Gasteiger partial charge < -0.3 is 15.1 Å². The highest BCUT2D eigenvalue weighted by atomic mass is 32.1. The van der Waals surface area contributed by atoms with Crippen LogP contribution < -0.4 is 4.90 Å². The lowest BCUT2D eigenvalue weighted by molar-refractivity contribution is -0.138. The van der Waals surface area contributed by atoms with Gasteiger partial charge in [0.1, 0.15) is 5.57 Å². The van der Waals surface area contributed by atoms with Crippen LogP contribution in [-0.2, 0) is 30.0 Å². The number of thiophene rings is 1. The fourth-order valence-electron chi connectivity index (χ4n) is 12.0. The van der Waals surface area contributed by atoms with Crippen LogP contribution in [0.25, 0.3) is 38.8 Å². The lowest BCUT2D eigenvalue weighted by atomic mass is 9.70. The topological polar surface area (TPSA) is 136 Å². The van der Waals surface area contributed by atoms with Gasteiger partial charge in [0, 0.05) is 50.7 Å². The molecule has 0 saturated carbocycles. The number of anilines is 3. The zero-order valence-corrected chi connectivity index (χ0v) is 43.9. The minimum absolute atomic E-state index is 0.0966. The van der Waals surface area contributed by atoms with Gasteiger partial charge in [-0.2, -0.15) is 0 Å². The number of amides is 4. The summed E-state index contributed by atoms with van der Waals surface area (Å²) in [6, 6.07) is 43.6. The predicted octanol–water partition coefficient (Wildman–Crippen LogP) is 15.3. The maximum absolute atomic E-state index is 13.6. The van der Waals surface area contributed by atoms with E-state index in [-0.39, 0.29) is 16.4 Å². The number of barbiturate groups is 1. The normalized spacial score (nSPS) is 15.0. The molecule has 2 aliphatic carbocycles. The molecule has 5 aromatic carbocycles. The molecule has 10 nitrogen and oxygen atoms in total. The van der Waals surface area contributed by atoms with Crippen LogP contribution in [0.2, 0.25) is 0 Å². The van der Waals surface area contributed by atoms with E-state index in [4.69, 9.17) is 0 Å². The second kappa shape index (κ2) is 22.2. The number of carbonyl (C=O) groups excluding carboxylic acids is 3. The van der Waals surface area contributed by atoms with Crippen LogP contribution in [0.15, 0.2) is 127 Å². The lowest BCUT2D eigenvalue weighted by Gasteiger charge is -2.35. The summed E-state index contributed by atoms with van der Waals surface area (Å²) >= 11 is 1.37. The summed E-state index contributed by atoms with van der Waals surface area (Å²) in [6.07, 6.45) is 13.8. The average Bonchev–Trinajstić information content (AvgIpc) is 4.07. The van der Waals surface area contributed by atoms with Crippen molar-refractivity contribution in [3.8, 4) is 32.7 Å². The summed E-state index contributed by atoms with van der Waals surface area (Å²) in [7, 11) is 0. The standard InChI is InChI=1S/C63H67N3O7S/c1-5-9-33-62(34-10-6-2)52-19-15-13-17-47(52)49-28-25-44(39-54(49)62)66(45-26-29-50-48-18-14-16-20-53(48)63(35-11-7-3,36-12-8-4)55(50)40-45)43-23-21-42(22-24-43)56-30-27-46(74-56)41-51-59(71)64(37-31-57(67)68)61(73)65(60(51)72)38-32-58(69)70/h13-30,39-41H,5-12,31-38H2,1-4H3,(H,67,68)(H,69,70). The Hall–Kier alpha value is -7.11. The van der Waals surface area contributed by atoms with E-state index in [1.807, 2.05) is 6.07 Å². The zero-order valence-electron chi connectivity index (χ0n) is 43.1. The van der Waals surface area contributed by atoms with Crippen LogP contribution in [0.4, 0.5) is 21.9 Å². The lowest BCUT2D eigenvalue weighted by Crippen LogP contribution is -2.57. The Morgan fingerprint density at radius 1 is 0.527 bits per heavy atom. The van der Waals surface area contributed by atoms with Crippen molar-refractivity contribution in [2.24, 2.45) is 0 Å². The molecule has 0 radical (unpaired) electrons. The van der Waals surface area contributed by atoms with Crippen molar-refractivity contribution in [2.75, 3.05) is 18.0 Å². The van der Waals surface area contributed by atoms with E-state index in [1.54, 1.807) is 6.07 Å². The van der Waals surface area contributed by atoms with Crippen molar-refractivity contribution in [1.82, 2.24) is 9.80 Å². The van der Waals surface area contributed by atoms with Crippen LogP contribution in [0, 0.1) is 0 Å². The Morgan fingerprint density at radius 3 is 1.38 bits per heavy atom. The Morgan fingerprint density at radius 2 is 0.946 bits per heavy atom.